The first-order chi connectivity index (χ1) is 4.56. The number of hydrogen-bond donors (Lipinski definition) is 2. The molecule has 0 fully saturated rings. The monoisotopic (exact) mass is 202 g/mol. The Bertz CT molecular complexity index is 169. The lowest BCUT2D eigenvalue weighted by Crippen LogP contribution is -2.16. The normalized spacial score (nSPS) is 10.7. The van der Waals surface area contributed by atoms with Crippen LogP contribution in [0.3, 0.4) is 0 Å². The molecule has 0 spiro atoms. The lowest BCUT2D eigenvalue weighted by molar-refractivity contribution is 0.591. The summed E-state index contributed by atoms with van der Waals surface area (Å²) in [4.78, 5) is 0. The lowest BCUT2D eigenvalue weighted by Gasteiger charge is -1.96. The number of unbranched alkanes of at least 4 members (excludes halogenated alkanes) is 2. The molecule has 0 amide bonds. The van der Waals surface area contributed by atoms with E-state index in [4.69, 9.17) is 10.9 Å². The van der Waals surface area contributed by atoms with Crippen molar-refractivity contribution in [3.05, 3.63) is 0 Å². The fraction of sp³-hybridized carbons (Fsp3) is 1.00. The maximum absolute atomic E-state index is 10.3. The second-order valence-corrected chi connectivity index (χ2v) is 3.95. The smallest absolute Gasteiger partial charge is 0.209 e. The molecule has 0 aromatic heterocycles. The van der Waals surface area contributed by atoms with Gasteiger partial charge in [0.1, 0.15) is 0 Å². The summed E-state index contributed by atoms with van der Waals surface area (Å²) < 4.78 is 20.7. The highest BCUT2D eigenvalue weighted by molar-refractivity contribution is 7.89. The number of rotatable bonds is 5. The topological polar surface area (TPSA) is 86.2 Å². The summed E-state index contributed by atoms with van der Waals surface area (Å²) in [7, 11) is -3.25. The van der Waals surface area contributed by atoms with Crippen molar-refractivity contribution >= 4 is 22.4 Å². The van der Waals surface area contributed by atoms with Gasteiger partial charge in [0.15, 0.2) is 0 Å². The van der Waals surface area contributed by atoms with Crippen molar-refractivity contribution in [3.63, 3.8) is 0 Å². The van der Waals surface area contributed by atoms with Crippen molar-refractivity contribution in [1.29, 1.82) is 0 Å². The molecule has 0 aliphatic heterocycles. The van der Waals surface area contributed by atoms with Crippen molar-refractivity contribution < 1.29 is 8.42 Å². The van der Waals surface area contributed by atoms with E-state index in [1.54, 1.807) is 0 Å². The summed E-state index contributed by atoms with van der Waals surface area (Å²) in [5, 5.41) is 4.76. The molecular formula is C5H15ClN2O2S. The summed E-state index contributed by atoms with van der Waals surface area (Å²) in [6, 6.07) is 0. The van der Waals surface area contributed by atoms with E-state index >= 15 is 0 Å². The zero-order chi connectivity index (χ0) is 8.04. The van der Waals surface area contributed by atoms with E-state index in [-0.39, 0.29) is 18.2 Å². The van der Waals surface area contributed by atoms with Gasteiger partial charge in [0.05, 0.1) is 5.75 Å². The highest BCUT2D eigenvalue weighted by Gasteiger charge is 1.99. The Labute approximate surface area is 73.8 Å². The molecule has 0 aliphatic carbocycles. The van der Waals surface area contributed by atoms with Gasteiger partial charge in [-0.15, -0.1) is 12.4 Å². The van der Waals surface area contributed by atoms with Gasteiger partial charge in [-0.3, -0.25) is 0 Å². The maximum atomic E-state index is 10.3. The first-order valence-corrected chi connectivity index (χ1v) is 4.98. The molecule has 4 N–H and O–H groups in total. The third-order valence-corrected chi connectivity index (χ3v) is 1.99. The molecule has 0 atom stereocenters. The summed E-state index contributed by atoms with van der Waals surface area (Å²) in [5.74, 6) is 0.0764. The van der Waals surface area contributed by atoms with Crippen molar-refractivity contribution in [3.8, 4) is 0 Å². The molecule has 6 heteroatoms. The highest BCUT2D eigenvalue weighted by Crippen LogP contribution is 1.94. The molecule has 0 rings (SSSR count). The van der Waals surface area contributed by atoms with E-state index in [2.05, 4.69) is 0 Å². The van der Waals surface area contributed by atoms with E-state index in [9.17, 15) is 8.42 Å². The van der Waals surface area contributed by atoms with Gasteiger partial charge < -0.3 is 5.73 Å². The van der Waals surface area contributed by atoms with E-state index in [1.807, 2.05) is 0 Å². The Morgan fingerprint density at radius 1 is 1.09 bits per heavy atom. The van der Waals surface area contributed by atoms with Crippen molar-refractivity contribution in [2.75, 3.05) is 12.3 Å². The number of halogens is 1. The van der Waals surface area contributed by atoms with Gasteiger partial charge in [0.2, 0.25) is 10.0 Å². The second-order valence-electron chi connectivity index (χ2n) is 2.22. The van der Waals surface area contributed by atoms with Crippen LogP contribution in [0.4, 0.5) is 0 Å². The number of hydrogen-bond acceptors (Lipinski definition) is 3. The number of primary sulfonamides is 1. The molecule has 0 unspecified atom stereocenters. The molecule has 0 radical (unpaired) electrons. The van der Waals surface area contributed by atoms with Crippen LogP contribution >= 0.6 is 12.4 Å². The quantitative estimate of drug-likeness (QED) is 0.607. The molecule has 4 nitrogen and oxygen atoms in total. The summed E-state index contributed by atoms with van der Waals surface area (Å²) in [6.07, 6.45) is 2.33. The van der Waals surface area contributed by atoms with Crippen LogP contribution in [0, 0.1) is 0 Å². The molecule has 11 heavy (non-hydrogen) atoms. The van der Waals surface area contributed by atoms with E-state index in [0.29, 0.717) is 13.0 Å². The molecule has 0 heterocycles. The van der Waals surface area contributed by atoms with Crippen molar-refractivity contribution in [1.82, 2.24) is 0 Å². The third-order valence-electron chi connectivity index (χ3n) is 1.13. The van der Waals surface area contributed by atoms with Gasteiger partial charge in [-0.25, -0.2) is 13.6 Å². The van der Waals surface area contributed by atoms with Crippen LogP contribution in [0.5, 0.6) is 0 Å². The zero-order valence-electron chi connectivity index (χ0n) is 6.32. The molecule has 0 aromatic rings. The Morgan fingerprint density at radius 3 is 2.00 bits per heavy atom. The minimum atomic E-state index is -3.25. The van der Waals surface area contributed by atoms with Crippen molar-refractivity contribution in [2.24, 2.45) is 10.9 Å². The molecular weight excluding hydrogens is 188 g/mol. The Hall–Kier alpha value is 0.160. The molecule has 0 bridgehead atoms. The highest BCUT2D eigenvalue weighted by atomic mass is 35.5. The van der Waals surface area contributed by atoms with Gasteiger partial charge in [0.25, 0.3) is 0 Å². The summed E-state index contributed by atoms with van der Waals surface area (Å²) in [6.45, 7) is 0.616. The van der Waals surface area contributed by atoms with Gasteiger partial charge in [-0.2, -0.15) is 0 Å². The van der Waals surface area contributed by atoms with Crippen LogP contribution in [-0.4, -0.2) is 20.7 Å². The molecule has 0 saturated heterocycles. The van der Waals surface area contributed by atoms with Crippen LogP contribution < -0.4 is 10.9 Å². The van der Waals surface area contributed by atoms with Crippen LogP contribution in [0.25, 0.3) is 0 Å². The second kappa shape index (κ2) is 6.84. The van der Waals surface area contributed by atoms with Crippen molar-refractivity contribution in [2.45, 2.75) is 19.3 Å². The van der Waals surface area contributed by atoms with E-state index < -0.39 is 10.0 Å². The molecule has 0 aromatic carbocycles. The van der Waals surface area contributed by atoms with Gasteiger partial charge in [-0.05, 0) is 19.4 Å². The SMILES string of the molecule is Cl.NCCCCCS(N)(=O)=O. The maximum Gasteiger partial charge on any atom is 0.209 e. The molecule has 0 saturated carbocycles. The fourth-order valence-electron chi connectivity index (χ4n) is 0.624. The van der Waals surface area contributed by atoms with Crippen LogP contribution in [0.2, 0.25) is 0 Å². The Morgan fingerprint density at radius 2 is 1.64 bits per heavy atom. The Kier molecular flexibility index (Phi) is 8.54. The lowest BCUT2D eigenvalue weighted by atomic mass is 10.2. The number of sulfonamides is 1. The minimum absolute atomic E-state index is 0. The van der Waals surface area contributed by atoms with Gasteiger partial charge >= 0.3 is 0 Å². The Balaban J connectivity index is 0. The minimum Gasteiger partial charge on any atom is -0.330 e. The predicted octanol–water partition coefficient (Wildman–Crippen LogP) is -0.174. The molecule has 70 valence electrons. The molecule has 0 aliphatic rings. The van der Waals surface area contributed by atoms with E-state index in [1.165, 1.54) is 0 Å². The largest absolute Gasteiger partial charge is 0.330 e. The zero-order valence-corrected chi connectivity index (χ0v) is 7.96. The summed E-state index contributed by atoms with van der Waals surface area (Å²) >= 11 is 0. The van der Waals surface area contributed by atoms with Crippen LogP contribution in [0.15, 0.2) is 0 Å². The van der Waals surface area contributed by atoms with Gasteiger partial charge in [-0.1, -0.05) is 6.42 Å². The predicted molar refractivity (Wildman–Crippen MR) is 48.1 cm³/mol. The van der Waals surface area contributed by atoms with Gasteiger partial charge in [0, 0.05) is 0 Å². The van der Waals surface area contributed by atoms with Crippen LogP contribution in [-0.2, 0) is 10.0 Å². The average molecular weight is 203 g/mol. The third kappa shape index (κ3) is 13.2. The first-order valence-electron chi connectivity index (χ1n) is 3.27. The number of nitrogens with two attached hydrogens (primary N) is 2. The standard InChI is InChI=1S/C5H14N2O2S.ClH/c6-4-2-1-3-5-10(7,8)9;/h1-6H2,(H2,7,8,9);1H. The fourth-order valence-corrected chi connectivity index (χ4v) is 1.23. The average Bonchev–Trinajstić information content (AvgIpc) is 1.78. The van der Waals surface area contributed by atoms with Crippen LogP contribution in [0.1, 0.15) is 19.3 Å². The van der Waals surface area contributed by atoms with E-state index in [0.717, 1.165) is 12.8 Å². The summed E-state index contributed by atoms with van der Waals surface area (Å²) in [5.41, 5.74) is 5.20. The first kappa shape index (κ1) is 13.7.